The molecule has 21 heavy (non-hydrogen) atoms. The van der Waals surface area contributed by atoms with Gasteiger partial charge in [-0.05, 0) is 50.5 Å². The highest BCUT2D eigenvalue weighted by atomic mass is 15.2. The summed E-state index contributed by atoms with van der Waals surface area (Å²) in [7, 11) is 0. The highest BCUT2D eigenvalue weighted by molar-refractivity contribution is 5.55. The van der Waals surface area contributed by atoms with Gasteiger partial charge >= 0.3 is 0 Å². The zero-order valence-corrected chi connectivity index (χ0v) is 13.6. The van der Waals surface area contributed by atoms with Crippen LogP contribution < -0.4 is 10.6 Å². The summed E-state index contributed by atoms with van der Waals surface area (Å²) in [4.78, 5) is 2.41. The van der Waals surface area contributed by atoms with E-state index in [-0.39, 0.29) is 6.04 Å². The molecule has 0 aliphatic carbocycles. The van der Waals surface area contributed by atoms with Crippen LogP contribution in [0.3, 0.4) is 0 Å². The minimum Gasteiger partial charge on any atom is -0.363 e. The predicted octanol–water partition coefficient (Wildman–Crippen LogP) is 4.14. The Bertz CT molecular complexity index is 604. The van der Waals surface area contributed by atoms with Gasteiger partial charge in [0.15, 0.2) is 0 Å². The van der Waals surface area contributed by atoms with Crippen LogP contribution >= 0.6 is 0 Å². The van der Waals surface area contributed by atoms with E-state index in [9.17, 15) is 0 Å². The lowest BCUT2D eigenvalue weighted by molar-refractivity contribution is 0.638. The van der Waals surface area contributed by atoms with E-state index in [4.69, 9.17) is 5.73 Å². The van der Waals surface area contributed by atoms with E-state index in [1.165, 1.54) is 27.9 Å². The Kier molecular flexibility index (Phi) is 5.03. The van der Waals surface area contributed by atoms with Gasteiger partial charge in [-0.25, -0.2) is 0 Å². The Morgan fingerprint density at radius 2 is 1.71 bits per heavy atom. The first-order valence-electron chi connectivity index (χ1n) is 7.68. The van der Waals surface area contributed by atoms with Crippen molar-refractivity contribution in [3.63, 3.8) is 0 Å². The van der Waals surface area contributed by atoms with Crippen molar-refractivity contribution in [2.75, 3.05) is 18.0 Å². The molecule has 0 amide bonds. The summed E-state index contributed by atoms with van der Waals surface area (Å²) in [5, 5.41) is 0. The molecule has 0 radical (unpaired) electrons. The lowest BCUT2D eigenvalue weighted by atomic mass is 9.96. The lowest BCUT2D eigenvalue weighted by Gasteiger charge is -2.34. The SMILES string of the molecule is CCN(c1ccccc1C)C(CN)c1cc(C)ccc1C. The number of anilines is 1. The molecule has 0 bridgehead atoms. The van der Waals surface area contributed by atoms with Gasteiger partial charge in [-0.15, -0.1) is 0 Å². The smallest absolute Gasteiger partial charge is 0.0667 e. The summed E-state index contributed by atoms with van der Waals surface area (Å²) in [5.41, 5.74) is 12.6. The summed E-state index contributed by atoms with van der Waals surface area (Å²) in [6.45, 7) is 10.2. The highest BCUT2D eigenvalue weighted by Crippen LogP contribution is 2.30. The summed E-state index contributed by atoms with van der Waals surface area (Å²) in [6.07, 6.45) is 0. The fourth-order valence-electron chi connectivity index (χ4n) is 2.99. The fraction of sp³-hybridized carbons (Fsp3) is 0.368. The average Bonchev–Trinajstić information content (AvgIpc) is 2.48. The van der Waals surface area contributed by atoms with Crippen LogP contribution in [0.15, 0.2) is 42.5 Å². The first kappa shape index (κ1) is 15.6. The van der Waals surface area contributed by atoms with Crippen molar-refractivity contribution in [1.82, 2.24) is 0 Å². The Morgan fingerprint density at radius 1 is 1.00 bits per heavy atom. The number of likely N-dealkylation sites (N-methyl/N-ethyl adjacent to an activating group) is 1. The van der Waals surface area contributed by atoms with Crippen molar-refractivity contribution >= 4 is 5.69 Å². The van der Waals surface area contributed by atoms with E-state index >= 15 is 0 Å². The third-order valence-corrected chi connectivity index (χ3v) is 4.16. The molecular weight excluding hydrogens is 256 g/mol. The standard InChI is InChI=1S/C19H26N2/c1-5-21(18-9-7-6-8-16(18)4)19(13-20)17-12-14(2)10-11-15(17)3/h6-12,19H,5,13,20H2,1-4H3. The molecule has 0 saturated heterocycles. The number of rotatable bonds is 5. The molecule has 0 aromatic heterocycles. The van der Waals surface area contributed by atoms with Crippen LogP contribution in [0, 0.1) is 20.8 Å². The average molecular weight is 282 g/mol. The number of hydrogen-bond acceptors (Lipinski definition) is 2. The third-order valence-electron chi connectivity index (χ3n) is 4.16. The number of nitrogens with zero attached hydrogens (tertiary/aromatic N) is 1. The van der Waals surface area contributed by atoms with Crippen molar-refractivity contribution in [3.8, 4) is 0 Å². The zero-order valence-electron chi connectivity index (χ0n) is 13.6. The van der Waals surface area contributed by atoms with Gasteiger partial charge in [0.1, 0.15) is 0 Å². The molecular formula is C19H26N2. The van der Waals surface area contributed by atoms with Gasteiger partial charge in [0.25, 0.3) is 0 Å². The second kappa shape index (κ2) is 6.77. The normalized spacial score (nSPS) is 12.2. The number of benzene rings is 2. The summed E-state index contributed by atoms with van der Waals surface area (Å²) < 4.78 is 0. The maximum absolute atomic E-state index is 6.15. The Morgan fingerprint density at radius 3 is 2.33 bits per heavy atom. The second-order valence-corrected chi connectivity index (χ2v) is 5.68. The Labute approximate surface area is 128 Å². The van der Waals surface area contributed by atoms with Gasteiger partial charge in [0.05, 0.1) is 6.04 Å². The van der Waals surface area contributed by atoms with Crippen LogP contribution in [0.5, 0.6) is 0 Å². The van der Waals surface area contributed by atoms with E-state index in [1.807, 2.05) is 0 Å². The first-order chi connectivity index (χ1) is 10.1. The molecule has 2 rings (SSSR count). The van der Waals surface area contributed by atoms with Gasteiger partial charge in [-0.2, -0.15) is 0 Å². The van der Waals surface area contributed by atoms with Gasteiger partial charge in [0.2, 0.25) is 0 Å². The van der Waals surface area contributed by atoms with Crippen LogP contribution in [0.4, 0.5) is 5.69 Å². The van der Waals surface area contributed by atoms with Crippen LogP contribution in [-0.4, -0.2) is 13.1 Å². The van der Waals surface area contributed by atoms with E-state index in [0.717, 1.165) is 6.54 Å². The minimum atomic E-state index is 0.219. The number of para-hydroxylation sites is 1. The zero-order chi connectivity index (χ0) is 15.4. The molecule has 2 N–H and O–H groups in total. The molecule has 0 aliphatic heterocycles. The molecule has 2 heteroatoms. The van der Waals surface area contributed by atoms with Crippen molar-refractivity contribution in [2.24, 2.45) is 5.73 Å². The van der Waals surface area contributed by atoms with Gasteiger partial charge in [-0.3, -0.25) is 0 Å². The van der Waals surface area contributed by atoms with E-state index in [0.29, 0.717) is 6.54 Å². The van der Waals surface area contributed by atoms with E-state index in [2.05, 4.69) is 75.1 Å². The largest absolute Gasteiger partial charge is 0.363 e. The van der Waals surface area contributed by atoms with Crippen molar-refractivity contribution in [1.29, 1.82) is 0 Å². The molecule has 2 aromatic rings. The van der Waals surface area contributed by atoms with Crippen molar-refractivity contribution in [3.05, 3.63) is 64.7 Å². The van der Waals surface area contributed by atoms with Crippen LogP contribution in [-0.2, 0) is 0 Å². The molecule has 0 fully saturated rings. The van der Waals surface area contributed by atoms with Crippen LogP contribution in [0.1, 0.15) is 35.2 Å². The fourth-order valence-corrected chi connectivity index (χ4v) is 2.99. The maximum Gasteiger partial charge on any atom is 0.0667 e. The molecule has 1 atom stereocenters. The molecule has 0 heterocycles. The molecule has 0 aliphatic rings. The summed E-state index contributed by atoms with van der Waals surface area (Å²) >= 11 is 0. The van der Waals surface area contributed by atoms with E-state index in [1.54, 1.807) is 0 Å². The van der Waals surface area contributed by atoms with Crippen LogP contribution in [0.2, 0.25) is 0 Å². The van der Waals surface area contributed by atoms with Crippen LogP contribution in [0.25, 0.3) is 0 Å². The number of aryl methyl sites for hydroxylation is 3. The van der Waals surface area contributed by atoms with Gasteiger partial charge in [0, 0.05) is 18.8 Å². The molecule has 0 spiro atoms. The molecule has 2 aromatic carbocycles. The van der Waals surface area contributed by atoms with Gasteiger partial charge < -0.3 is 10.6 Å². The third kappa shape index (κ3) is 3.27. The molecule has 0 saturated carbocycles. The monoisotopic (exact) mass is 282 g/mol. The maximum atomic E-state index is 6.15. The minimum absolute atomic E-state index is 0.219. The molecule has 2 nitrogen and oxygen atoms in total. The lowest BCUT2D eigenvalue weighted by Crippen LogP contribution is -2.34. The molecule has 1 unspecified atom stereocenters. The summed E-state index contributed by atoms with van der Waals surface area (Å²) in [5.74, 6) is 0. The first-order valence-corrected chi connectivity index (χ1v) is 7.68. The summed E-state index contributed by atoms with van der Waals surface area (Å²) in [6, 6.07) is 15.4. The van der Waals surface area contributed by atoms with E-state index < -0.39 is 0 Å². The van der Waals surface area contributed by atoms with Crippen molar-refractivity contribution in [2.45, 2.75) is 33.7 Å². The Hall–Kier alpha value is -1.80. The number of nitrogens with two attached hydrogens (primary N) is 1. The quantitative estimate of drug-likeness (QED) is 0.893. The predicted molar refractivity (Wildman–Crippen MR) is 91.9 cm³/mol. The van der Waals surface area contributed by atoms with Gasteiger partial charge in [-0.1, -0.05) is 42.0 Å². The molecule has 112 valence electrons. The second-order valence-electron chi connectivity index (χ2n) is 5.68. The highest BCUT2D eigenvalue weighted by Gasteiger charge is 2.21. The Balaban J connectivity index is 2.48. The topological polar surface area (TPSA) is 29.3 Å². The van der Waals surface area contributed by atoms with Crippen molar-refractivity contribution < 1.29 is 0 Å². The number of hydrogen-bond donors (Lipinski definition) is 1.